The van der Waals surface area contributed by atoms with Gasteiger partial charge in [0.25, 0.3) is 0 Å². The van der Waals surface area contributed by atoms with E-state index >= 15 is 0 Å². The number of nitrogens with zero attached hydrogens (tertiary/aromatic N) is 1. The molecule has 0 saturated heterocycles. The Morgan fingerprint density at radius 1 is 1.32 bits per heavy atom. The summed E-state index contributed by atoms with van der Waals surface area (Å²) >= 11 is 1.70. The molecule has 104 valence electrons. The van der Waals surface area contributed by atoms with Crippen LogP contribution in [0.1, 0.15) is 32.3 Å². The molecule has 0 atom stereocenters. The van der Waals surface area contributed by atoms with Crippen molar-refractivity contribution in [2.24, 2.45) is 0 Å². The Hall–Kier alpha value is -1.18. The van der Waals surface area contributed by atoms with Crippen molar-refractivity contribution in [3.63, 3.8) is 0 Å². The fourth-order valence-corrected chi connectivity index (χ4v) is 2.50. The van der Waals surface area contributed by atoms with E-state index in [4.69, 9.17) is 4.74 Å². The van der Waals surface area contributed by atoms with Crippen LogP contribution in [0, 0.1) is 11.3 Å². The largest absolute Gasteiger partial charge is 0.384 e. The summed E-state index contributed by atoms with van der Waals surface area (Å²) in [7, 11) is 0. The highest BCUT2D eigenvalue weighted by Gasteiger charge is 2.07. The zero-order valence-electron chi connectivity index (χ0n) is 11.7. The number of nitrogens with one attached hydrogen (secondary N) is 1. The van der Waals surface area contributed by atoms with Crippen molar-refractivity contribution in [1.29, 1.82) is 5.26 Å². The molecular formula is C15H22N2OS. The molecule has 19 heavy (non-hydrogen) atoms. The van der Waals surface area contributed by atoms with E-state index < -0.39 is 0 Å². The molecule has 0 aromatic heterocycles. The number of thioether (sulfide) groups is 1. The first kappa shape index (κ1) is 15.9. The molecule has 0 bridgehead atoms. The van der Waals surface area contributed by atoms with Crippen LogP contribution in [0.25, 0.3) is 0 Å². The minimum absolute atomic E-state index is 0.754. The topological polar surface area (TPSA) is 45.0 Å². The number of rotatable bonds is 9. The van der Waals surface area contributed by atoms with Crippen LogP contribution in [0.5, 0.6) is 0 Å². The van der Waals surface area contributed by atoms with E-state index in [9.17, 15) is 5.26 Å². The van der Waals surface area contributed by atoms with Crippen molar-refractivity contribution in [1.82, 2.24) is 0 Å². The van der Waals surface area contributed by atoms with Crippen LogP contribution in [0.2, 0.25) is 0 Å². The summed E-state index contributed by atoms with van der Waals surface area (Å²) in [5.41, 5.74) is 1.68. The van der Waals surface area contributed by atoms with Gasteiger partial charge >= 0.3 is 0 Å². The average molecular weight is 278 g/mol. The van der Waals surface area contributed by atoms with Gasteiger partial charge in [-0.1, -0.05) is 19.9 Å². The number of anilines is 1. The molecule has 4 heteroatoms. The first-order valence-electron chi connectivity index (χ1n) is 6.81. The molecule has 1 aromatic rings. The molecule has 0 aliphatic rings. The van der Waals surface area contributed by atoms with Crippen molar-refractivity contribution >= 4 is 17.4 Å². The lowest BCUT2D eigenvalue weighted by atomic mass is 10.2. The van der Waals surface area contributed by atoms with E-state index in [1.807, 2.05) is 18.2 Å². The molecule has 0 heterocycles. The maximum Gasteiger partial charge on any atom is 0.102 e. The van der Waals surface area contributed by atoms with Gasteiger partial charge in [-0.3, -0.25) is 0 Å². The van der Waals surface area contributed by atoms with Crippen LogP contribution < -0.4 is 5.32 Å². The predicted molar refractivity (Wildman–Crippen MR) is 81.8 cm³/mol. The van der Waals surface area contributed by atoms with E-state index in [-0.39, 0.29) is 0 Å². The lowest BCUT2D eigenvalue weighted by molar-refractivity contribution is 0.134. The van der Waals surface area contributed by atoms with Gasteiger partial charge in [-0.15, -0.1) is 11.8 Å². The van der Waals surface area contributed by atoms with Crippen molar-refractivity contribution in [3.05, 3.63) is 23.8 Å². The third-order valence-corrected chi connectivity index (χ3v) is 3.51. The normalized spacial score (nSPS) is 10.2. The van der Waals surface area contributed by atoms with Crippen molar-refractivity contribution in [2.75, 3.05) is 30.8 Å². The van der Waals surface area contributed by atoms with E-state index in [0.717, 1.165) is 54.5 Å². The monoisotopic (exact) mass is 278 g/mol. The quantitative estimate of drug-likeness (QED) is 0.549. The summed E-state index contributed by atoms with van der Waals surface area (Å²) in [6.45, 7) is 6.63. The van der Waals surface area contributed by atoms with Crippen LogP contribution >= 0.6 is 11.8 Å². The molecular weight excluding hydrogens is 256 g/mol. The molecule has 0 aliphatic heterocycles. The molecule has 3 nitrogen and oxygen atoms in total. The zero-order chi connectivity index (χ0) is 13.9. The second kappa shape index (κ2) is 9.71. The van der Waals surface area contributed by atoms with Gasteiger partial charge in [0.1, 0.15) is 6.07 Å². The van der Waals surface area contributed by atoms with Crippen LogP contribution in [-0.2, 0) is 4.74 Å². The van der Waals surface area contributed by atoms with E-state index in [1.54, 1.807) is 11.8 Å². The van der Waals surface area contributed by atoms with Crippen molar-refractivity contribution in [3.8, 4) is 6.07 Å². The highest BCUT2D eigenvalue weighted by Crippen LogP contribution is 2.27. The molecule has 0 amide bonds. The molecule has 1 aromatic carbocycles. The zero-order valence-corrected chi connectivity index (χ0v) is 12.6. The Kier molecular flexibility index (Phi) is 8.11. The Morgan fingerprint density at radius 2 is 2.16 bits per heavy atom. The summed E-state index contributed by atoms with van der Waals surface area (Å²) in [6.07, 6.45) is 2.01. The minimum Gasteiger partial charge on any atom is -0.384 e. The molecule has 0 unspecified atom stereocenters. The second-order valence-corrected chi connectivity index (χ2v) is 5.42. The van der Waals surface area contributed by atoms with Crippen LogP contribution in [0.4, 0.5) is 5.69 Å². The Balaban J connectivity index is 2.49. The summed E-state index contributed by atoms with van der Waals surface area (Å²) in [5, 5.41) is 12.6. The van der Waals surface area contributed by atoms with Gasteiger partial charge in [-0.05, 0) is 30.7 Å². The summed E-state index contributed by atoms with van der Waals surface area (Å²) in [5.74, 6) is 0.975. The van der Waals surface area contributed by atoms with Gasteiger partial charge in [0.2, 0.25) is 0 Å². The SMILES string of the molecule is CCCOCCCNc1cccc(SCC)c1C#N. The first-order chi connectivity index (χ1) is 9.33. The number of ether oxygens (including phenoxy) is 1. The molecule has 1 rings (SSSR count). The van der Waals surface area contributed by atoms with Crippen molar-refractivity contribution < 1.29 is 4.74 Å². The van der Waals surface area contributed by atoms with Crippen molar-refractivity contribution in [2.45, 2.75) is 31.6 Å². The molecule has 1 N–H and O–H groups in total. The molecule has 0 fully saturated rings. The highest BCUT2D eigenvalue weighted by atomic mass is 32.2. The molecule has 0 radical (unpaired) electrons. The first-order valence-corrected chi connectivity index (χ1v) is 7.79. The second-order valence-electron chi connectivity index (χ2n) is 4.12. The Morgan fingerprint density at radius 3 is 2.84 bits per heavy atom. The van der Waals surface area contributed by atoms with Gasteiger partial charge in [0.15, 0.2) is 0 Å². The molecule has 0 spiro atoms. The van der Waals surface area contributed by atoms with Gasteiger partial charge in [0.05, 0.1) is 11.3 Å². The van der Waals surface area contributed by atoms with Gasteiger partial charge in [-0.2, -0.15) is 5.26 Å². The summed E-state index contributed by atoms with van der Waals surface area (Å²) in [4.78, 5) is 1.05. The maximum absolute atomic E-state index is 9.27. The third kappa shape index (κ3) is 5.54. The number of benzene rings is 1. The number of hydrogen-bond acceptors (Lipinski definition) is 4. The lowest BCUT2D eigenvalue weighted by Gasteiger charge is -2.11. The van der Waals surface area contributed by atoms with E-state index in [1.165, 1.54) is 0 Å². The third-order valence-electron chi connectivity index (χ3n) is 2.57. The van der Waals surface area contributed by atoms with Crippen LogP contribution in [0.3, 0.4) is 0 Å². The summed E-state index contributed by atoms with van der Waals surface area (Å²) < 4.78 is 5.43. The van der Waals surface area contributed by atoms with Crippen LogP contribution in [-0.4, -0.2) is 25.5 Å². The van der Waals surface area contributed by atoms with E-state index in [0.29, 0.717) is 0 Å². The summed E-state index contributed by atoms with van der Waals surface area (Å²) in [6, 6.07) is 8.26. The van der Waals surface area contributed by atoms with Gasteiger partial charge in [-0.25, -0.2) is 0 Å². The molecule has 0 aliphatic carbocycles. The average Bonchev–Trinajstić information content (AvgIpc) is 2.43. The fraction of sp³-hybridized carbons (Fsp3) is 0.533. The lowest BCUT2D eigenvalue weighted by Crippen LogP contribution is -2.07. The highest BCUT2D eigenvalue weighted by molar-refractivity contribution is 7.99. The van der Waals surface area contributed by atoms with Crippen LogP contribution in [0.15, 0.2) is 23.1 Å². The van der Waals surface area contributed by atoms with Gasteiger partial charge < -0.3 is 10.1 Å². The number of nitriles is 1. The standard InChI is InChI=1S/C15H22N2OS/c1-3-10-18-11-6-9-17-14-7-5-8-15(19-4-2)13(14)12-16/h5,7-8,17H,3-4,6,9-11H2,1-2H3. The fourth-order valence-electron chi connectivity index (χ4n) is 1.71. The minimum atomic E-state index is 0.754. The van der Waals surface area contributed by atoms with Gasteiger partial charge in [0, 0.05) is 24.7 Å². The Bertz CT molecular complexity index is 415. The predicted octanol–water partition coefficient (Wildman–Crippen LogP) is 3.90. The number of hydrogen-bond donors (Lipinski definition) is 1. The molecule has 0 saturated carbocycles. The maximum atomic E-state index is 9.27. The van der Waals surface area contributed by atoms with E-state index in [2.05, 4.69) is 25.2 Å². The Labute approximate surface area is 120 Å². The smallest absolute Gasteiger partial charge is 0.102 e.